The lowest BCUT2D eigenvalue weighted by atomic mass is 10.1. The van der Waals surface area contributed by atoms with Crippen molar-refractivity contribution < 1.29 is 9.59 Å². The number of carbonyl (C=O) groups is 2. The Kier molecular flexibility index (Phi) is 6.85. The number of hydrogen-bond donors (Lipinski definition) is 2. The molecule has 0 aliphatic rings. The third-order valence-corrected chi connectivity index (χ3v) is 4.04. The van der Waals surface area contributed by atoms with Crippen molar-refractivity contribution in [3.8, 4) is 0 Å². The van der Waals surface area contributed by atoms with Gasteiger partial charge in [-0.15, -0.1) is 0 Å². The zero-order valence-corrected chi connectivity index (χ0v) is 14.6. The fourth-order valence-corrected chi connectivity index (χ4v) is 2.89. The molecule has 0 unspecified atom stereocenters. The van der Waals surface area contributed by atoms with Crippen LogP contribution in [0.5, 0.6) is 0 Å². The van der Waals surface area contributed by atoms with E-state index < -0.39 is 0 Å². The third-order valence-electron chi connectivity index (χ3n) is 4.04. The van der Waals surface area contributed by atoms with Crippen LogP contribution in [-0.2, 0) is 16.0 Å². The van der Waals surface area contributed by atoms with Crippen LogP contribution in [0.1, 0.15) is 38.7 Å². The minimum absolute atomic E-state index is 0.0616. The van der Waals surface area contributed by atoms with Gasteiger partial charge in [0.1, 0.15) is 6.42 Å². The monoisotopic (exact) mass is 329 g/mol. The average Bonchev–Trinajstić information content (AvgIpc) is 2.98. The second-order valence-electron chi connectivity index (χ2n) is 6.02. The Hall–Kier alpha value is -2.30. The first-order valence-corrected chi connectivity index (χ1v) is 8.75. The molecule has 0 spiro atoms. The van der Waals surface area contributed by atoms with E-state index in [1.165, 1.54) is 10.9 Å². The minimum Gasteiger partial charge on any atom is -0.361 e. The number of aromatic amines is 1. The second-order valence-corrected chi connectivity index (χ2v) is 6.02. The molecular formula is C19H27N3O2. The fourth-order valence-electron chi connectivity index (χ4n) is 2.89. The quantitative estimate of drug-likeness (QED) is 0.695. The Bertz CT molecular complexity index is 672. The summed E-state index contributed by atoms with van der Waals surface area (Å²) in [5.41, 5.74) is 2.28. The highest BCUT2D eigenvalue weighted by atomic mass is 16.2. The smallest absolute Gasteiger partial charge is 0.232 e. The molecule has 0 aliphatic carbocycles. The van der Waals surface area contributed by atoms with Gasteiger partial charge in [0.15, 0.2) is 0 Å². The standard InChI is InChI=1S/C19H27N3O2/c1-3-11-22(12-4-2)19(24)13-18(23)20-10-9-15-14-21-17-8-6-5-7-16(15)17/h5-8,14,21H,3-4,9-13H2,1-2H3,(H,20,23). The molecule has 24 heavy (non-hydrogen) atoms. The van der Waals surface area contributed by atoms with Gasteiger partial charge in [-0.25, -0.2) is 0 Å². The Morgan fingerprint density at radius 2 is 1.83 bits per heavy atom. The number of aromatic nitrogens is 1. The molecule has 1 aromatic heterocycles. The van der Waals surface area contributed by atoms with Crippen molar-refractivity contribution in [2.75, 3.05) is 19.6 Å². The first-order chi connectivity index (χ1) is 11.7. The third kappa shape index (κ3) is 4.85. The summed E-state index contributed by atoms with van der Waals surface area (Å²) in [5.74, 6) is -0.277. The van der Waals surface area contributed by atoms with Gasteiger partial charge in [-0.2, -0.15) is 0 Å². The highest BCUT2D eigenvalue weighted by Crippen LogP contribution is 2.17. The Morgan fingerprint density at radius 1 is 1.12 bits per heavy atom. The lowest BCUT2D eigenvalue weighted by Gasteiger charge is -2.21. The Balaban J connectivity index is 1.79. The van der Waals surface area contributed by atoms with E-state index in [0.29, 0.717) is 6.54 Å². The van der Waals surface area contributed by atoms with E-state index in [2.05, 4.69) is 16.4 Å². The molecule has 0 aliphatic heterocycles. The summed E-state index contributed by atoms with van der Waals surface area (Å²) >= 11 is 0. The molecule has 0 bridgehead atoms. The Labute approximate surface area is 143 Å². The topological polar surface area (TPSA) is 65.2 Å². The molecule has 0 atom stereocenters. The average molecular weight is 329 g/mol. The maximum absolute atomic E-state index is 12.2. The van der Waals surface area contributed by atoms with Crippen molar-refractivity contribution in [2.45, 2.75) is 39.5 Å². The molecule has 0 saturated carbocycles. The van der Waals surface area contributed by atoms with Crippen LogP contribution in [0, 0.1) is 0 Å². The number of para-hydroxylation sites is 1. The van der Waals surface area contributed by atoms with Crippen LogP contribution >= 0.6 is 0 Å². The van der Waals surface area contributed by atoms with Gasteiger partial charge < -0.3 is 15.2 Å². The molecular weight excluding hydrogens is 302 g/mol. The molecule has 0 saturated heterocycles. The summed E-state index contributed by atoms with van der Waals surface area (Å²) in [6, 6.07) is 8.10. The van der Waals surface area contributed by atoms with Crippen molar-refractivity contribution >= 4 is 22.7 Å². The van der Waals surface area contributed by atoms with E-state index in [4.69, 9.17) is 0 Å². The maximum Gasteiger partial charge on any atom is 0.232 e. The summed E-state index contributed by atoms with van der Waals surface area (Å²) in [6.45, 7) is 6.05. The number of rotatable bonds is 9. The molecule has 2 N–H and O–H groups in total. The van der Waals surface area contributed by atoms with Crippen LogP contribution in [-0.4, -0.2) is 41.3 Å². The number of benzene rings is 1. The maximum atomic E-state index is 12.2. The predicted molar refractivity (Wildman–Crippen MR) is 96.8 cm³/mol. The first kappa shape index (κ1) is 18.0. The van der Waals surface area contributed by atoms with Crippen molar-refractivity contribution in [2.24, 2.45) is 0 Å². The molecule has 1 heterocycles. The highest BCUT2D eigenvalue weighted by Gasteiger charge is 2.15. The fraction of sp³-hybridized carbons (Fsp3) is 0.474. The van der Waals surface area contributed by atoms with E-state index >= 15 is 0 Å². The molecule has 130 valence electrons. The highest BCUT2D eigenvalue weighted by molar-refractivity contribution is 5.96. The minimum atomic E-state index is -0.197. The van der Waals surface area contributed by atoms with E-state index in [1.54, 1.807) is 4.90 Å². The van der Waals surface area contributed by atoms with Crippen molar-refractivity contribution in [3.63, 3.8) is 0 Å². The number of hydrogen-bond acceptors (Lipinski definition) is 2. The molecule has 2 rings (SSSR count). The number of H-pyrrole nitrogens is 1. The van der Waals surface area contributed by atoms with Crippen molar-refractivity contribution in [1.82, 2.24) is 15.2 Å². The zero-order valence-electron chi connectivity index (χ0n) is 14.6. The molecule has 1 aromatic carbocycles. The number of carbonyl (C=O) groups excluding carboxylic acids is 2. The zero-order chi connectivity index (χ0) is 17.4. The van der Waals surface area contributed by atoms with Crippen LogP contribution in [0.2, 0.25) is 0 Å². The van der Waals surface area contributed by atoms with Gasteiger partial charge >= 0.3 is 0 Å². The lowest BCUT2D eigenvalue weighted by molar-refractivity contribution is -0.136. The molecule has 2 aromatic rings. The SMILES string of the molecule is CCCN(CCC)C(=O)CC(=O)NCCc1c[nH]c2ccccc12. The van der Waals surface area contributed by atoms with Crippen molar-refractivity contribution in [1.29, 1.82) is 0 Å². The molecule has 0 fully saturated rings. The number of nitrogens with one attached hydrogen (secondary N) is 2. The molecule has 2 amide bonds. The van der Waals surface area contributed by atoms with Crippen LogP contribution in [0.15, 0.2) is 30.5 Å². The molecule has 0 radical (unpaired) electrons. The van der Waals surface area contributed by atoms with Gasteiger partial charge in [0, 0.05) is 36.7 Å². The van der Waals surface area contributed by atoms with Crippen LogP contribution < -0.4 is 5.32 Å². The summed E-state index contributed by atoms with van der Waals surface area (Å²) in [5, 5.41) is 4.04. The van der Waals surface area contributed by atoms with Gasteiger partial charge in [-0.05, 0) is 30.9 Å². The summed E-state index contributed by atoms with van der Waals surface area (Å²) < 4.78 is 0. The van der Waals surface area contributed by atoms with E-state index in [-0.39, 0.29) is 18.2 Å². The van der Waals surface area contributed by atoms with Crippen LogP contribution in [0.4, 0.5) is 0 Å². The summed E-state index contributed by atoms with van der Waals surface area (Å²) in [4.78, 5) is 29.2. The van der Waals surface area contributed by atoms with Gasteiger partial charge in [0.05, 0.1) is 0 Å². The first-order valence-electron chi connectivity index (χ1n) is 8.75. The molecule has 5 heteroatoms. The summed E-state index contributed by atoms with van der Waals surface area (Å²) in [6.07, 6.45) is 4.49. The number of nitrogens with zero attached hydrogens (tertiary/aromatic N) is 1. The lowest BCUT2D eigenvalue weighted by Crippen LogP contribution is -2.37. The number of amides is 2. The summed E-state index contributed by atoms with van der Waals surface area (Å²) in [7, 11) is 0. The predicted octanol–water partition coefficient (Wildman–Crippen LogP) is 2.87. The Morgan fingerprint density at radius 3 is 2.54 bits per heavy atom. The van der Waals surface area contributed by atoms with Gasteiger partial charge in [0.25, 0.3) is 0 Å². The van der Waals surface area contributed by atoms with Crippen molar-refractivity contribution in [3.05, 3.63) is 36.0 Å². The normalized spacial score (nSPS) is 10.8. The van der Waals surface area contributed by atoms with Gasteiger partial charge in [-0.1, -0.05) is 32.0 Å². The number of fused-ring (bicyclic) bond motifs is 1. The van der Waals surface area contributed by atoms with E-state index in [9.17, 15) is 9.59 Å². The van der Waals surface area contributed by atoms with Crippen LogP contribution in [0.25, 0.3) is 10.9 Å². The van der Waals surface area contributed by atoms with E-state index in [0.717, 1.165) is 37.9 Å². The van der Waals surface area contributed by atoms with Gasteiger partial charge in [0.2, 0.25) is 11.8 Å². The van der Waals surface area contributed by atoms with Crippen LogP contribution in [0.3, 0.4) is 0 Å². The van der Waals surface area contributed by atoms with E-state index in [1.807, 2.05) is 38.2 Å². The molecule has 5 nitrogen and oxygen atoms in total. The largest absolute Gasteiger partial charge is 0.361 e. The van der Waals surface area contributed by atoms with Gasteiger partial charge in [-0.3, -0.25) is 9.59 Å². The second kappa shape index (κ2) is 9.11.